The average molecular weight is 842 g/mol. The first kappa shape index (κ1) is 38.2. The van der Waals surface area contributed by atoms with Crippen LogP contribution in [0, 0.1) is 6.92 Å². The van der Waals surface area contributed by atoms with E-state index in [0.29, 0.717) is 0 Å². The molecule has 0 saturated heterocycles. The van der Waals surface area contributed by atoms with Crippen molar-refractivity contribution in [1.82, 2.24) is 0 Å². The van der Waals surface area contributed by atoms with Crippen LogP contribution in [-0.4, -0.2) is 6.71 Å². The molecule has 0 N–H and O–H groups in total. The van der Waals surface area contributed by atoms with E-state index >= 15 is 0 Å². The van der Waals surface area contributed by atoms with Gasteiger partial charge in [0.2, 0.25) is 0 Å². The number of rotatable bonds is 7. The fraction of sp³-hybridized carbons (Fsp3) is 0.0323. The van der Waals surface area contributed by atoms with E-state index in [4.69, 9.17) is 0 Å². The number of para-hydroxylation sites is 4. The third-order valence-corrected chi connectivity index (χ3v) is 14.1. The lowest BCUT2D eigenvalue weighted by Crippen LogP contribution is -2.61. The van der Waals surface area contributed by atoms with Crippen molar-refractivity contribution in [2.75, 3.05) is 14.7 Å². The lowest BCUT2D eigenvalue weighted by Gasteiger charge is -2.45. The number of hydrogen-bond donors (Lipinski definition) is 0. The van der Waals surface area contributed by atoms with Gasteiger partial charge in [-0.3, -0.25) is 0 Å². The van der Waals surface area contributed by atoms with Crippen molar-refractivity contribution in [1.29, 1.82) is 0 Å². The number of aryl methyl sites for hydroxylation is 1. The van der Waals surface area contributed by atoms with Gasteiger partial charge in [0.1, 0.15) is 0 Å². The molecule has 10 aromatic carbocycles. The highest BCUT2D eigenvalue weighted by Gasteiger charge is 2.48. The summed E-state index contributed by atoms with van der Waals surface area (Å²) in [7, 11) is 0. The number of benzene rings is 10. The maximum atomic E-state index is 2.55. The second-order valence-corrected chi connectivity index (χ2v) is 17.7. The van der Waals surface area contributed by atoms with Crippen molar-refractivity contribution in [2.24, 2.45) is 0 Å². The highest BCUT2D eigenvalue weighted by Crippen LogP contribution is 2.57. The van der Waals surface area contributed by atoms with Crippen LogP contribution in [0.15, 0.2) is 249 Å². The minimum atomic E-state index is -0.511. The maximum Gasteiger partial charge on any atom is 0.252 e. The van der Waals surface area contributed by atoms with Gasteiger partial charge in [0, 0.05) is 51.2 Å². The van der Waals surface area contributed by atoms with Crippen LogP contribution in [0.3, 0.4) is 0 Å². The molecule has 310 valence electrons. The Morgan fingerprint density at radius 3 is 1.53 bits per heavy atom. The Balaban J connectivity index is 1.05. The molecule has 0 unspecified atom stereocenters. The average Bonchev–Trinajstić information content (AvgIpc) is 3.68. The van der Waals surface area contributed by atoms with E-state index in [0.717, 1.165) is 28.4 Å². The quantitative estimate of drug-likeness (QED) is 0.148. The fourth-order valence-corrected chi connectivity index (χ4v) is 11.5. The Hall–Kier alpha value is -8.34. The Morgan fingerprint density at radius 1 is 0.364 bits per heavy atom. The summed E-state index contributed by atoms with van der Waals surface area (Å²) in [4.78, 5) is 7.43. The summed E-state index contributed by atoms with van der Waals surface area (Å²) < 4.78 is 0. The minimum absolute atomic E-state index is 0.000345. The maximum absolute atomic E-state index is 2.55. The molecule has 2 heterocycles. The van der Waals surface area contributed by atoms with Gasteiger partial charge in [-0.1, -0.05) is 170 Å². The molecule has 0 aromatic heterocycles. The zero-order valence-electron chi connectivity index (χ0n) is 36.6. The Labute approximate surface area is 387 Å². The summed E-state index contributed by atoms with van der Waals surface area (Å²) in [6.45, 7) is 2.25. The molecular weight excluding hydrogens is 798 g/mol. The molecule has 0 fully saturated rings. The van der Waals surface area contributed by atoms with Gasteiger partial charge in [-0.15, -0.1) is 0 Å². The van der Waals surface area contributed by atoms with E-state index in [2.05, 4.69) is 270 Å². The van der Waals surface area contributed by atoms with Crippen LogP contribution in [0.5, 0.6) is 0 Å². The Kier molecular flexibility index (Phi) is 8.76. The molecule has 4 heteroatoms. The van der Waals surface area contributed by atoms with E-state index in [1.165, 1.54) is 78.1 Å². The van der Waals surface area contributed by atoms with E-state index in [-0.39, 0.29) is 6.71 Å². The molecule has 3 nitrogen and oxygen atoms in total. The molecule has 0 saturated carbocycles. The van der Waals surface area contributed by atoms with Crippen LogP contribution in [0.4, 0.5) is 51.2 Å². The van der Waals surface area contributed by atoms with Gasteiger partial charge in [-0.2, -0.15) is 0 Å². The SMILES string of the molecule is Cc1cc2c3c(c1)N(c1ccccc1)c1cc(N(c4ccccc4)c4ccccc4)ccc1B3c1ccccc1N2c1ccc2c(c1)C(c1ccccc1)(c1ccccc1)c1ccccc1-2. The fourth-order valence-electron chi connectivity index (χ4n) is 11.5. The second kappa shape index (κ2) is 15.1. The number of fused-ring (bicyclic) bond motifs is 7. The molecule has 0 amide bonds. The van der Waals surface area contributed by atoms with Gasteiger partial charge in [0.15, 0.2) is 0 Å². The first-order valence-electron chi connectivity index (χ1n) is 23.0. The zero-order chi connectivity index (χ0) is 43.8. The van der Waals surface area contributed by atoms with Crippen LogP contribution in [0.1, 0.15) is 27.8 Å². The Morgan fingerprint density at radius 2 is 0.879 bits per heavy atom. The molecule has 66 heavy (non-hydrogen) atoms. The van der Waals surface area contributed by atoms with Crippen molar-refractivity contribution >= 4 is 74.3 Å². The second-order valence-electron chi connectivity index (χ2n) is 17.7. The van der Waals surface area contributed by atoms with Crippen LogP contribution >= 0.6 is 0 Å². The number of hydrogen-bond acceptors (Lipinski definition) is 3. The molecule has 3 aliphatic rings. The van der Waals surface area contributed by atoms with Gasteiger partial charge < -0.3 is 14.7 Å². The van der Waals surface area contributed by atoms with Crippen molar-refractivity contribution in [3.8, 4) is 11.1 Å². The summed E-state index contributed by atoms with van der Waals surface area (Å²) >= 11 is 0. The summed E-state index contributed by atoms with van der Waals surface area (Å²) in [5.41, 5.74) is 22.7. The van der Waals surface area contributed by atoms with Crippen molar-refractivity contribution < 1.29 is 0 Å². The molecule has 0 bridgehead atoms. The number of anilines is 9. The third-order valence-electron chi connectivity index (χ3n) is 14.1. The smallest absolute Gasteiger partial charge is 0.252 e. The molecule has 10 aromatic rings. The van der Waals surface area contributed by atoms with Crippen molar-refractivity contribution in [2.45, 2.75) is 12.3 Å². The van der Waals surface area contributed by atoms with Crippen LogP contribution in [-0.2, 0) is 5.41 Å². The summed E-state index contributed by atoms with van der Waals surface area (Å²) in [5, 5.41) is 0. The van der Waals surface area contributed by atoms with Gasteiger partial charge in [0.05, 0.1) is 5.41 Å². The van der Waals surface area contributed by atoms with Crippen molar-refractivity contribution in [3.05, 3.63) is 277 Å². The molecule has 0 atom stereocenters. The van der Waals surface area contributed by atoms with Gasteiger partial charge >= 0.3 is 0 Å². The number of nitrogens with zero attached hydrogens (tertiary/aromatic N) is 3. The molecular formula is C62H44BN3. The first-order chi connectivity index (χ1) is 32.7. The monoisotopic (exact) mass is 841 g/mol. The Bertz CT molecular complexity index is 3370. The standard InChI is InChI=1S/C62H44BN3/c1-43-39-59-61-60(40-43)66(49-35-37-52-51-31-17-18-32-53(51)62(54(52)41-49,44-21-7-2-8-22-44)45-23-9-3-10-24-45)57-34-20-19-33-55(57)63(61)56-38-36-50(42-58(56)65(59)48-29-15-6-16-30-48)64(46-25-11-4-12-26-46)47-27-13-5-14-28-47/h2-42H,1H3. The predicted octanol–water partition coefficient (Wildman–Crippen LogP) is 13.9. The summed E-state index contributed by atoms with van der Waals surface area (Å²) in [6, 6.07) is 91.9. The van der Waals surface area contributed by atoms with Crippen molar-refractivity contribution in [3.63, 3.8) is 0 Å². The van der Waals surface area contributed by atoms with Crippen LogP contribution in [0.25, 0.3) is 11.1 Å². The minimum Gasteiger partial charge on any atom is -0.311 e. The molecule has 0 spiro atoms. The summed E-state index contributed by atoms with van der Waals surface area (Å²) in [5.74, 6) is 0. The molecule has 2 aliphatic heterocycles. The largest absolute Gasteiger partial charge is 0.311 e. The van der Waals surface area contributed by atoms with E-state index in [9.17, 15) is 0 Å². The van der Waals surface area contributed by atoms with Gasteiger partial charge in [-0.25, -0.2) is 0 Å². The van der Waals surface area contributed by atoms with Gasteiger partial charge in [0.25, 0.3) is 6.71 Å². The van der Waals surface area contributed by atoms with E-state index in [1.54, 1.807) is 0 Å². The first-order valence-corrected chi connectivity index (χ1v) is 23.0. The lowest BCUT2D eigenvalue weighted by atomic mass is 9.33. The predicted molar refractivity (Wildman–Crippen MR) is 277 cm³/mol. The van der Waals surface area contributed by atoms with Gasteiger partial charge in [-0.05, 0) is 141 Å². The molecule has 1 aliphatic carbocycles. The topological polar surface area (TPSA) is 9.72 Å². The highest BCUT2D eigenvalue weighted by molar-refractivity contribution is 7.00. The highest BCUT2D eigenvalue weighted by atomic mass is 15.2. The van der Waals surface area contributed by atoms with Crippen LogP contribution < -0.4 is 31.1 Å². The van der Waals surface area contributed by atoms with Crippen LogP contribution in [0.2, 0.25) is 0 Å². The molecule has 0 radical (unpaired) electrons. The molecule has 13 rings (SSSR count). The normalized spacial score (nSPS) is 13.6. The zero-order valence-corrected chi connectivity index (χ0v) is 36.6. The lowest BCUT2D eigenvalue weighted by molar-refractivity contribution is 0.768. The van der Waals surface area contributed by atoms with E-state index in [1.807, 2.05) is 0 Å². The van der Waals surface area contributed by atoms with E-state index < -0.39 is 5.41 Å². The summed E-state index contributed by atoms with van der Waals surface area (Å²) in [6.07, 6.45) is 0. The third kappa shape index (κ3) is 5.64.